The minimum Gasteiger partial charge on any atom is -0.325 e. The number of hydrogen-bond donors (Lipinski definition) is 1. The normalized spacial score (nSPS) is 15.6. The van der Waals surface area contributed by atoms with Crippen LogP contribution in [0.15, 0.2) is 44.2 Å². The van der Waals surface area contributed by atoms with Gasteiger partial charge in [0.2, 0.25) is 11.8 Å². The SMILES string of the molecule is Cc1ccc(NC(=O)CCS(=O)(=O)c2cc3c(cc2Br)CCN3C(=O)C2CC2)c(Br)c1. The maximum absolute atomic E-state index is 13.0. The lowest BCUT2D eigenvalue weighted by molar-refractivity contribution is -0.119. The van der Waals surface area contributed by atoms with Crippen LogP contribution >= 0.6 is 31.9 Å². The van der Waals surface area contributed by atoms with Crippen LogP contribution in [0.25, 0.3) is 0 Å². The van der Waals surface area contributed by atoms with Gasteiger partial charge in [-0.25, -0.2) is 8.42 Å². The summed E-state index contributed by atoms with van der Waals surface area (Å²) in [5.41, 5.74) is 3.28. The van der Waals surface area contributed by atoms with E-state index in [0.717, 1.165) is 28.4 Å². The van der Waals surface area contributed by atoms with E-state index in [4.69, 9.17) is 0 Å². The van der Waals surface area contributed by atoms with E-state index >= 15 is 0 Å². The molecule has 1 heterocycles. The fourth-order valence-electron chi connectivity index (χ4n) is 3.68. The first kappa shape index (κ1) is 22.5. The minimum atomic E-state index is -3.73. The highest BCUT2D eigenvalue weighted by atomic mass is 79.9. The summed E-state index contributed by atoms with van der Waals surface area (Å²) in [4.78, 5) is 26.7. The van der Waals surface area contributed by atoms with E-state index in [1.54, 1.807) is 23.1 Å². The topological polar surface area (TPSA) is 83.6 Å². The van der Waals surface area contributed by atoms with Gasteiger partial charge in [-0.1, -0.05) is 6.07 Å². The number of sulfone groups is 1. The molecule has 0 saturated heterocycles. The van der Waals surface area contributed by atoms with Crippen LogP contribution in [0.4, 0.5) is 11.4 Å². The lowest BCUT2D eigenvalue weighted by Crippen LogP contribution is -2.30. The molecule has 2 aromatic rings. The number of nitrogens with one attached hydrogen (secondary N) is 1. The van der Waals surface area contributed by atoms with Crippen LogP contribution in [0, 0.1) is 12.8 Å². The number of nitrogens with zero attached hydrogens (tertiary/aromatic N) is 1. The molecule has 0 bridgehead atoms. The number of amides is 2. The second kappa shape index (κ2) is 8.67. The van der Waals surface area contributed by atoms with Crippen molar-refractivity contribution in [2.75, 3.05) is 22.5 Å². The molecule has 6 nitrogen and oxygen atoms in total. The smallest absolute Gasteiger partial charge is 0.230 e. The van der Waals surface area contributed by atoms with Crippen molar-refractivity contribution in [3.8, 4) is 0 Å². The molecule has 1 aliphatic carbocycles. The number of carbonyl (C=O) groups is 2. The molecule has 0 spiro atoms. The Hall–Kier alpha value is -1.71. The summed E-state index contributed by atoms with van der Waals surface area (Å²) in [6.07, 6.45) is 2.34. The van der Waals surface area contributed by atoms with Gasteiger partial charge in [-0.2, -0.15) is 0 Å². The summed E-state index contributed by atoms with van der Waals surface area (Å²) >= 11 is 6.77. The third kappa shape index (κ3) is 4.88. The largest absolute Gasteiger partial charge is 0.325 e. The zero-order valence-corrected chi connectivity index (χ0v) is 20.9. The van der Waals surface area contributed by atoms with Crippen LogP contribution in [-0.4, -0.2) is 32.5 Å². The maximum Gasteiger partial charge on any atom is 0.230 e. The zero-order chi connectivity index (χ0) is 22.3. The van der Waals surface area contributed by atoms with E-state index in [-0.39, 0.29) is 34.8 Å². The number of aryl methyl sites for hydroxylation is 1. The highest BCUT2D eigenvalue weighted by Crippen LogP contribution is 2.39. The maximum atomic E-state index is 13.0. The van der Waals surface area contributed by atoms with Crippen molar-refractivity contribution in [2.45, 2.75) is 37.5 Å². The first-order valence-corrected chi connectivity index (χ1v) is 13.3. The van der Waals surface area contributed by atoms with Gasteiger partial charge in [0.25, 0.3) is 0 Å². The van der Waals surface area contributed by atoms with Gasteiger partial charge in [0, 0.05) is 33.5 Å². The summed E-state index contributed by atoms with van der Waals surface area (Å²) in [5, 5.41) is 2.74. The molecule has 2 amide bonds. The molecule has 31 heavy (non-hydrogen) atoms. The van der Waals surface area contributed by atoms with Crippen LogP contribution in [0.1, 0.15) is 30.4 Å². The number of rotatable bonds is 6. The van der Waals surface area contributed by atoms with Crippen molar-refractivity contribution in [1.82, 2.24) is 0 Å². The summed E-state index contributed by atoms with van der Waals surface area (Å²) in [7, 11) is -3.73. The fourth-order valence-corrected chi connectivity index (χ4v) is 6.72. The van der Waals surface area contributed by atoms with E-state index in [9.17, 15) is 18.0 Å². The van der Waals surface area contributed by atoms with Gasteiger partial charge >= 0.3 is 0 Å². The molecule has 2 aromatic carbocycles. The van der Waals surface area contributed by atoms with Crippen LogP contribution in [-0.2, 0) is 25.8 Å². The number of fused-ring (bicyclic) bond motifs is 1. The van der Waals surface area contributed by atoms with Gasteiger partial charge in [0.05, 0.1) is 16.3 Å². The molecular formula is C22H22Br2N2O4S. The molecule has 164 valence electrons. The third-order valence-corrected chi connectivity index (χ3v) is 8.88. The van der Waals surface area contributed by atoms with E-state index in [0.29, 0.717) is 28.8 Å². The Labute approximate surface area is 198 Å². The molecule has 1 N–H and O–H groups in total. The van der Waals surface area contributed by atoms with E-state index in [1.165, 1.54) is 0 Å². The average molecular weight is 570 g/mol. The van der Waals surface area contributed by atoms with Gasteiger partial charge in [0.1, 0.15) is 0 Å². The Bertz CT molecular complexity index is 1180. The highest BCUT2D eigenvalue weighted by molar-refractivity contribution is 9.10. The fraction of sp³-hybridized carbons (Fsp3) is 0.364. The molecule has 2 aliphatic rings. The Morgan fingerprint density at radius 1 is 1.13 bits per heavy atom. The van der Waals surface area contributed by atoms with Gasteiger partial charge in [-0.3, -0.25) is 9.59 Å². The first-order valence-electron chi connectivity index (χ1n) is 10.1. The van der Waals surface area contributed by atoms with Gasteiger partial charge in [-0.05, 0) is 93.4 Å². The molecule has 4 rings (SSSR count). The average Bonchev–Trinajstić information content (AvgIpc) is 3.48. The summed E-state index contributed by atoms with van der Waals surface area (Å²) in [5.74, 6) is -0.557. The molecule has 9 heteroatoms. The molecule has 0 unspecified atom stereocenters. The number of halogens is 2. The van der Waals surface area contributed by atoms with Crippen molar-refractivity contribution < 1.29 is 18.0 Å². The molecule has 0 aromatic heterocycles. The Kier molecular flexibility index (Phi) is 6.29. The van der Waals surface area contributed by atoms with Gasteiger partial charge in [-0.15, -0.1) is 0 Å². The Balaban J connectivity index is 1.49. The van der Waals surface area contributed by atoms with Crippen LogP contribution < -0.4 is 10.2 Å². The summed E-state index contributed by atoms with van der Waals surface area (Å²) in [6, 6.07) is 8.88. The molecule has 0 atom stereocenters. The highest BCUT2D eigenvalue weighted by Gasteiger charge is 2.37. The monoisotopic (exact) mass is 568 g/mol. The van der Waals surface area contributed by atoms with Crippen LogP contribution in [0.5, 0.6) is 0 Å². The second-order valence-corrected chi connectivity index (χ2v) is 11.8. The van der Waals surface area contributed by atoms with Crippen molar-refractivity contribution in [3.63, 3.8) is 0 Å². The summed E-state index contributed by atoms with van der Waals surface area (Å²) in [6.45, 7) is 2.52. The lowest BCUT2D eigenvalue weighted by atomic mass is 10.2. The molecule has 1 saturated carbocycles. The zero-order valence-electron chi connectivity index (χ0n) is 17.0. The van der Waals surface area contributed by atoms with Crippen molar-refractivity contribution in [3.05, 3.63) is 50.4 Å². The number of benzene rings is 2. The predicted octanol–water partition coefficient (Wildman–Crippen LogP) is 4.62. The number of anilines is 2. The standard InChI is InChI=1S/C22H22Br2N2O4S/c1-13-2-5-18(16(23)10-13)25-21(27)7-9-31(29,30)20-12-19-15(11-17(20)24)6-8-26(19)22(28)14-3-4-14/h2,5,10-12,14H,3-4,6-9H2,1H3,(H,25,27). The van der Waals surface area contributed by atoms with E-state index in [1.807, 2.05) is 19.1 Å². The molecule has 0 radical (unpaired) electrons. The predicted molar refractivity (Wildman–Crippen MR) is 127 cm³/mol. The third-order valence-electron chi connectivity index (χ3n) is 5.55. The van der Waals surface area contributed by atoms with Crippen LogP contribution in [0.2, 0.25) is 0 Å². The molecule has 1 aliphatic heterocycles. The Morgan fingerprint density at radius 3 is 2.55 bits per heavy atom. The summed E-state index contributed by atoms with van der Waals surface area (Å²) < 4.78 is 27.3. The van der Waals surface area contributed by atoms with Gasteiger partial charge in [0.15, 0.2) is 9.84 Å². The molecular weight excluding hydrogens is 548 g/mol. The van der Waals surface area contributed by atoms with Crippen molar-refractivity contribution >= 4 is 64.9 Å². The Morgan fingerprint density at radius 2 is 1.87 bits per heavy atom. The van der Waals surface area contributed by atoms with Crippen LogP contribution in [0.3, 0.4) is 0 Å². The number of carbonyl (C=O) groups excluding carboxylic acids is 2. The van der Waals surface area contributed by atoms with E-state index < -0.39 is 9.84 Å². The minimum absolute atomic E-state index is 0.0689. The number of hydrogen-bond acceptors (Lipinski definition) is 4. The second-order valence-electron chi connectivity index (χ2n) is 8.03. The van der Waals surface area contributed by atoms with Crippen molar-refractivity contribution in [2.24, 2.45) is 5.92 Å². The van der Waals surface area contributed by atoms with Gasteiger partial charge < -0.3 is 10.2 Å². The van der Waals surface area contributed by atoms with Crippen molar-refractivity contribution in [1.29, 1.82) is 0 Å². The lowest BCUT2D eigenvalue weighted by Gasteiger charge is -2.18. The van der Waals surface area contributed by atoms with E-state index in [2.05, 4.69) is 37.2 Å². The quantitative estimate of drug-likeness (QED) is 0.550. The first-order chi connectivity index (χ1) is 14.7. The molecule has 1 fully saturated rings.